The lowest BCUT2D eigenvalue weighted by Crippen LogP contribution is -2.44. The molecule has 3 rings (SSSR count). The Labute approximate surface area is 145 Å². The molecule has 1 N–H and O–H groups in total. The highest BCUT2D eigenvalue weighted by molar-refractivity contribution is 6.21. The van der Waals surface area contributed by atoms with E-state index in [-0.39, 0.29) is 25.0 Å². The lowest BCUT2D eigenvalue weighted by molar-refractivity contribution is 0.0635. The van der Waals surface area contributed by atoms with E-state index in [4.69, 9.17) is 4.74 Å². The number of alkyl carbamates (subject to hydrolysis) is 1. The van der Waals surface area contributed by atoms with E-state index in [9.17, 15) is 14.4 Å². The molecular formula is C19H18N2O4. The Balaban J connectivity index is 1.53. The first-order valence-corrected chi connectivity index (χ1v) is 7.98. The summed E-state index contributed by atoms with van der Waals surface area (Å²) in [6.45, 7) is 1.96. The second-order valence-corrected chi connectivity index (χ2v) is 5.87. The Hall–Kier alpha value is -3.15. The molecule has 0 radical (unpaired) electrons. The standard InChI is InChI=1S/C19H18N2O4/c1-13(20-19(24)25-12-14-7-3-2-4-8-14)11-21-17(22)15-9-5-6-10-16(15)18(21)23/h2-10,13H,11-12H2,1H3,(H,20,24). The van der Waals surface area contributed by atoms with Gasteiger partial charge in [-0.2, -0.15) is 0 Å². The first kappa shape index (κ1) is 16.7. The molecule has 0 saturated heterocycles. The molecule has 1 atom stereocenters. The molecule has 0 aromatic heterocycles. The molecule has 2 aromatic carbocycles. The van der Waals surface area contributed by atoms with Crippen molar-refractivity contribution < 1.29 is 19.1 Å². The summed E-state index contributed by atoms with van der Waals surface area (Å²) in [4.78, 5) is 37.6. The Bertz CT molecular complexity index is 769. The average Bonchev–Trinajstić information content (AvgIpc) is 2.86. The van der Waals surface area contributed by atoms with Crippen LogP contribution in [0, 0.1) is 0 Å². The molecule has 1 heterocycles. The fourth-order valence-electron chi connectivity index (χ4n) is 2.69. The molecule has 25 heavy (non-hydrogen) atoms. The van der Waals surface area contributed by atoms with Crippen LogP contribution in [0.5, 0.6) is 0 Å². The van der Waals surface area contributed by atoms with Crippen LogP contribution in [0.3, 0.4) is 0 Å². The smallest absolute Gasteiger partial charge is 0.407 e. The van der Waals surface area contributed by atoms with Crippen LogP contribution in [0.15, 0.2) is 54.6 Å². The summed E-state index contributed by atoms with van der Waals surface area (Å²) in [5.41, 5.74) is 1.67. The highest BCUT2D eigenvalue weighted by Crippen LogP contribution is 2.22. The van der Waals surface area contributed by atoms with Gasteiger partial charge in [-0.1, -0.05) is 42.5 Å². The molecule has 1 unspecified atom stereocenters. The second-order valence-electron chi connectivity index (χ2n) is 5.87. The van der Waals surface area contributed by atoms with Gasteiger partial charge in [0.2, 0.25) is 0 Å². The molecule has 6 heteroatoms. The maximum atomic E-state index is 12.3. The number of nitrogens with one attached hydrogen (secondary N) is 1. The van der Waals surface area contributed by atoms with Crippen LogP contribution < -0.4 is 5.32 Å². The molecule has 6 nitrogen and oxygen atoms in total. The van der Waals surface area contributed by atoms with Crippen LogP contribution in [-0.2, 0) is 11.3 Å². The van der Waals surface area contributed by atoms with Crippen molar-refractivity contribution in [2.75, 3.05) is 6.54 Å². The van der Waals surface area contributed by atoms with Crippen LogP contribution in [0.4, 0.5) is 4.79 Å². The third kappa shape index (κ3) is 3.68. The molecule has 0 fully saturated rings. The van der Waals surface area contributed by atoms with E-state index >= 15 is 0 Å². The number of imide groups is 1. The largest absolute Gasteiger partial charge is 0.445 e. The Kier molecular flexibility index (Phi) is 4.79. The van der Waals surface area contributed by atoms with Crippen molar-refractivity contribution in [2.45, 2.75) is 19.6 Å². The number of ether oxygens (including phenoxy) is 1. The number of nitrogens with zero attached hydrogens (tertiary/aromatic N) is 1. The maximum absolute atomic E-state index is 12.3. The number of hydrogen-bond acceptors (Lipinski definition) is 4. The SMILES string of the molecule is CC(CN1C(=O)c2ccccc2C1=O)NC(=O)OCc1ccccc1. The third-order valence-electron chi connectivity index (χ3n) is 3.91. The van der Waals surface area contributed by atoms with Gasteiger partial charge >= 0.3 is 6.09 Å². The molecular weight excluding hydrogens is 320 g/mol. The van der Waals surface area contributed by atoms with Crippen molar-refractivity contribution in [3.63, 3.8) is 0 Å². The fourth-order valence-corrected chi connectivity index (χ4v) is 2.69. The predicted octanol–water partition coefficient (Wildman–Crippen LogP) is 2.60. The number of hydrogen-bond donors (Lipinski definition) is 1. The monoisotopic (exact) mass is 338 g/mol. The first-order valence-electron chi connectivity index (χ1n) is 7.98. The van der Waals surface area contributed by atoms with Gasteiger partial charge in [-0.05, 0) is 24.6 Å². The van der Waals surface area contributed by atoms with Crippen molar-refractivity contribution in [1.82, 2.24) is 10.2 Å². The van der Waals surface area contributed by atoms with Crippen molar-refractivity contribution in [3.8, 4) is 0 Å². The van der Waals surface area contributed by atoms with Gasteiger partial charge < -0.3 is 10.1 Å². The Morgan fingerprint density at radius 3 is 2.16 bits per heavy atom. The van der Waals surface area contributed by atoms with E-state index in [1.807, 2.05) is 30.3 Å². The minimum atomic E-state index is -0.590. The summed E-state index contributed by atoms with van der Waals surface area (Å²) < 4.78 is 5.14. The van der Waals surface area contributed by atoms with Crippen molar-refractivity contribution in [1.29, 1.82) is 0 Å². The number of carbonyl (C=O) groups excluding carboxylic acids is 3. The van der Waals surface area contributed by atoms with E-state index in [1.165, 1.54) is 0 Å². The molecule has 0 bridgehead atoms. The quantitative estimate of drug-likeness (QED) is 0.850. The van der Waals surface area contributed by atoms with Gasteiger partial charge in [-0.15, -0.1) is 0 Å². The van der Waals surface area contributed by atoms with E-state index in [2.05, 4.69) is 5.32 Å². The van der Waals surface area contributed by atoms with Gasteiger partial charge in [0.15, 0.2) is 0 Å². The van der Waals surface area contributed by atoms with E-state index in [0.29, 0.717) is 11.1 Å². The zero-order chi connectivity index (χ0) is 17.8. The van der Waals surface area contributed by atoms with Gasteiger partial charge in [0.1, 0.15) is 6.61 Å². The molecule has 1 aliphatic heterocycles. The highest BCUT2D eigenvalue weighted by atomic mass is 16.5. The summed E-state index contributed by atoms with van der Waals surface area (Å²) in [6, 6.07) is 15.6. The van der Waals surface area contributed by atoms with Crippen molar-refractivity contribution in [3.05, 3.63) is 71.3 Å². The summed E-state index contributed by atoms with van der Waals surface area (Å²) in [5.74, 6) is -0.682. The minimum absolute atomic E-state index is 0.0901. The Morgan fingerprint density at radius 2 is 1.56 bits per heavy atom. The zero-order valence-electron chi connectivity index (χ0n) is 13.8. The van der Waals surface area contributed by atoms with E-state index in [1.54, 1.807) is 31.2 Å². The van der Waals surface area contributed by atoms with Crippen molar-refractivity contribution >= 4 is 17.9 Å². The summed E-state index contributed by atoms with van der Waals surface area (Å²) in [7, 11) is 0. The van der Waals surface area contributed by atoms with Gasteiger partial charge in [-0.25, -0.2) is 4.79 Å². The van der Waals surface area contributed by atoms with Crippen LogP contribution in [0.25, 0.3) is 0 Å². The molecule has 0 aliphatic carbocycles. The summed E-state index contributed by atoms with van der Waals surface area (Å²) in [6.07, 6.45) is -0.590. The van der Waals surface area contributed by atoms with Crippen LogP contribution in [0.1, 0.15) is 33.2 Å². The van der Waals surface area contributed by atoms with Crippen molar-refractivity contribution in [2.24, 2.45) is 0 Å². The number of carbonyl (C=O) groups is 3. The van der Waals surface area contributed by atoms with Gasteiger partial charge in [-0.3, -0.25) is 14.5 Å². The molecule has 3 amide bonds. The lowest BCUT2D eigenvalue weighted by atomic mass is 10.1. The molecule has 0 spiro atoms. The third-order valence-corrected chi connectivity index (χ3v) is 3.91. The van der Waals surface area contributed by atoms with Crippen LogP contribution in [0.2, 0.25) is 0 Å². The first-order chi connectivity index (χ1) is 12.1. The van der Waals surface area contributed by atoms with Gasteiger partial charge in [0.05, 0.1) is 11.1 Å². The van der Waals surface area contributed by atoms with Crippen LogP contribution >= 0.6 is 0 Å². The fraction of sp³-hybridized carbons (Fsp3) is 0.211. The normalized spacial score (nSPS) is 14.2. The lowest BCUT2D eigenvalue weighted by Gasteiger charge is -2.20. The predicted molar refractivity (Wildman–Crippen MR) is 91.0 cm³/mol. The van der Waals surface area contributed by atoms with Gasteiger partial charge in [0.25, 0.3) is 11.8 Å². The topological polar surface area (TPSA) is 75.7 Å². The van der Waals surface area contributed by atoms with Crippen LogP contribution in [-0.4, -0.2) is 35.4 Å². The summed E-state index contributed by atoms with van der Waals surface area (Å²) >= 11 is 0. The van der Waals surface area contributed by atoms with E-state index < -0.39 is 12.1 Å². The summed E-state index contributed by atoms with van der Waals surface area (Å²) in [5, 5.41) is 2.64. The average molecular weight is 338 g/mol. The highest BCUT2D eigenvalue weighted by Gasteiger charge is 2.35. The second kappa shape index (κ2) is 7.17. The molecule has 1 aliphatic rings. The van der Waals surface area contributed by atoms with Gasteiger partial charge in [0, 0.05) is 12.6 Å². The number of amides is 3. The minimum Gasteiger partial charge on any atom is -0.445 e. The molecule has 2 aromatic rings. The number of fused-ring (bicyclic) bond motifs is 1. The van der Waals surface area contributed by atoms with E-state index in [0.717, 1.165) is 10.5 Å². The number of benzene rings is 2. The molecule has 0 saturated carbocycles. The Morgan fingerprint density at radius 1 is 1.00 bits per heavy atom. The molecule has 128 valence electrons. The zero-order valence-corrected chi connectivity index (χ0v) is 13.8. The number of rotatable bonds is 5. The maximum Gasteiger partial charge on any atom is 0.407 e.